The summed E-state index contributed by atoms with van der Waals surface area (Å²) in [6.45, 7) is 0.795. The lowest BCUT2D eigenvalue weighted by Crippen LogP contribution is -2.16. The van der Waals surface area contributed by atoms with Crippen molar-refractivity contribution in [3.8, 4) is 0 Å². The Bertz CT molecular complexity index is 89.7. The largest absolute Gasteiger partial charge is 0.480 e. The van der Waals surface area contributed by atoms with Gasteiger partial charge in [0.15, 0.2) is 0 Å². The normalized spacial score (nSPS) is 18.1. The number of rotatable bonds is 1. The zero-order valence-corrected chi connectivity index (χ0v) is 4.14. The molecule has 0 bridgehead atoms. The topological polar surface area (TPSA) is 35.4 Å². The smallest absolute Gasteiger partial charge is 0.222 e. The van der Waals surface area contributed by atoms with E-state index in [1.165, 1.54) is 0 Å². The Kier molecular flexibility index (Phi) is 1.17. The van der Waals surface area contributed by atoms with E-state index in [0.717, 1.165) is 6.54 Å². The van der Waals surface area contributed by atoms with Crippen LogP contribution in [-0.2, 0) is 4.74 Å². The molecule has 0 fully saturated rings. The van der Waals surface area contributed by atoms with Gasteiger partial charge in [0, 0.05) is 6.54 Å². The molecule has 39 valence electrons. The van der Waals surface area contributed by atoms with Crippen molar-refractivity contribution in [1.29, 1.82) is 0 Å². The van der Waals surface area contributed by atoms with E-state index in [-0.39, 0.29) is 0 Å². The molecule has 0 aromatic carbocycles. The fourth-order valence-electron chi connectivity index (χ4n) is 0.431. The molecule has 1 N–H and O–H groups in total. The summed E-state index contributed by atoms with van der Waals surface area (Å²) in [5.74, 6) is 0.681. The van der Waals surface area contributed by atoms with Crippen molar-refractivity contribution in [3.63, 3.8) is 0 Å². The second-order valence-electron chi connectivity index (χ2n) is 1.22. The highest BCUT2D eigenvalue weighted by atomic mass is 16.5. The zero-order chi connectivity index (χ0) is 5.11. The molecule has 1 aliphatic rings. The third-order valence-corrected chi connectivity index (χ3v) is 0.766. The molecule has 1 heterocycles. The molecule has 0 unspecified atom stereocenters. The molecule has 0 aliphatic carbocycles. The zero-order valence-electron chi connectivity index (χ0n) is 4.14. The monoisotopic (exact) mass is 99.1 g/mol. The van der Waals surface area contributed by atoms with E-state index < -0.39 is 0 Å². The Morgan fingerprint density at radius 3 is 3.14 bits per heavy atom. The van der Waals surface area contributed by atoms with Crippen LogP contribution < -0.4 is 10.9 Å². The van der Waals surface area contributed by atoms with E-state index in [9.17, 15) is 0 Å². The van der Waals surface area contributed by atoms with Crippen molar-refractivity contribution in [2.75, 3.05) is 13.7 Å². The van der Waals surface area contributed by atoms with Crippen molar-refractivity contribution in [1.82, 2.24) is 10.9 Å². The van der Waals surface area contributed by atoms with Crippen LogP contribution in [0.3, 0.4) is 0 Å². The Balaban J connectivity index is 2.36. The molecule has 1 radical (unpaired) electrons. The van der Waals surface area contributed by atoms with Gasteiger partial charge in [-0.15, -0.1) is 0 Å². The predicted molar refractivity (Wildman–Crippen MR) is 25.2 cm³/mol. The van der Waals surface area contributed by atoms with Crippen molar-refractivity contribution >= 4 is 0 Å². The maximum absolute atomic E-state index is 4.74. The summed E-state index contributed by atoms with van der Waals surface area (Å²) in [6.07, 6.45) is 1.88. The SMILES string of the molecule is COC1=CCN[N]1. The van der Waals surface area contributed by atoms with Gasteiger partial charge in [-0.2, -0.15) is 5.43 Å². The summed E-state index contributed by atoms with van der Waals surface area (Å²) < 4.78 is 4.74. The highest BCUT2D eigenvalue weighted by Gasteiger charge is 2.00. The van der Waals surface area contributed by atoms with Crippen LogP contribution in [0.15, 0.2) is 12.0 Å². The average Bonchev–Trinajstić information content (AvgIpc) is 2.14. The fourth-order valence-corrected chi connectivity index (χ4v) is 0.431. The Hall–Kier alpha value is -0.700. The molecule has 0 aromatic heterocycles. The maximum Gasteiger partial charge on any atom is 0.222 e. The van der Waals surface area contributed by atoms with Crippen LogP contribution in [0, 0.1) is 0 Å². The molecule has 3 heteroatoms. The third-order valence-electron chi connectivity index (χ3n) is 0.766. The van der Waals surface area contributed by atoms with Crippen LogP contribution in [0.1, 0.15) is 0 Å². The minimum absolute atomic E-state index is 0.681. The minimum atomic E-state index is 0.681. The van der Waals surface area contributed by atoms with Gasteiger partial charge in [0.1, 0.15) is 0 Å². The lowest BCUT2D eigenvalue weighted by atomic mass is 10.6. The van der Waals surface area contributed by atoms with Crippen LogP contribution in [-0.4, -0.2) is 13.7 Å². The molecule has 0 amide bonds. The molecule has 0 aromatic rings. The van der Waals surface area contributed by atoms with E-state index in [0.29, 0.717) is 5.88 Å². The van der Waals surface area contributed by atoms with Crippen LogP contribution >= 0.6 is 0 Å². The van der Waals surface area contributed by atoms with Crippen LogP contribution in [0.4, 0.5) is 0 Å². The second kappa shape index (κ2) is 1.84. The van der Waals surface area contributed by atoms with Crippen LogP contribution in [0.25, 0.3) is 0 Å². The fraction of sp³-hybridized carbons (Fsp3) is 0.500. The summed E-state index contributed by atoms with van der Waals surface area (Å²) in [4.78, 5) is 0. The molecule has 0 spiro atoms. The molecular formula is C4H7N2O. The first kappa shape index (κ1) is 4.46. The number of hydrogen-bond acceptors (Lipinski definition) is 2. The molecule has 0 saturated carbocycles. The average molecular weight is 99.1 g/mol. The first-order valence-corrected chi connectivity index (χ1v) is 2.11. The van der Waals surface area contributed by atoms with Gasteiger partial charge >= 0.3 is 0 Å². The summed E-state index contributed by atoms with van der Waals surface area (Å²) in [7, 11) is 1.60. The lowest BCUT2D eigenvalue weighted by molar-refractivity contribution is 0.258. The van der Waals surface area contributed by atoms with Crippen LogP contribution in [0.5, 0.6) is 0 Å². The van der Waals surface area contributed by atoms with E-state index in [4.69, 9.17) is 4.74 Å². The van der Waals surface area contributed by atoms with Gasteiger partial charge < -0.3 is 4.74 Å². The second-order valence-corrected chi connectivity index (χ2v) is 1.22. The van der Waals surface area contributed by atoms with Gasteiger partial charge in [0.2, 0.25) is 5.88 Å². The van der Waals surface area contributed by atoms with Gasteiger partial charge in [-0.1, -0.05) is 0 Å². The Labute approximate surface area is 42.3 Å². The van der Waals surface area contributed by atoms with Gasteiger partial charge in [0.25, 0.3) is 0 Å². The number of nitrogens with zero attached hydrogens (tertiary/aromatic N) is 1. The molecule has 7 heavy (non-hydrogen) atoms. The standard InChI is InChI=1S/C4H7N2O/c1-7-4-2-3-5-6-4/h2,5H,3H2,1H3. The first-order chi connectivity index (χ1) is 3.43. The van der Waals surface area contributed by atoms with Crippen LogP contribution in [0.2, 0.25) is 0 Å². The molecular weight excluding hydrogens is 92.1 g/mol. The van der Waals surface area contributed by atoms with Gasteiger partial charge in [0.05, 0.1) is 7.11 Å². The van der Waals surface area contributed by atoms with E-state index in [2.05, 4.69) is 10.9 Å². The highest BCUT2D eigenvalue weighted by molar-refractivity contribution is 4.95. The Morgan fingerprint density at radius 2 is 2.86 bits per heavy atom. The van der Waals surface area contributed by atoms with E-state index in [1.807, 2.05) is 6.08 Å². The highest BCUT2D eigenvalue weighted by Crippen LogP contribution is 1.92. The minimum Gasteiger partial charge on any atom is -0.480 e. The molecule has 0 atom stereocenters. The molecule has 1 aliphatic heterocycles. The number of hydrogen-bond donors (Lipinski definition) is 1. The van der Waals surface area contributed by atoms with E-state index >= 15 is 0 Å². The Morgan fingerprint density at radius 1 is 2.00 bits per heavy atom. The maximum atomic E-state index is 4.74. The van der Waals surface area contributed by atoms with Gasteiger partial charge in [-0.25, -0.2) is 5.43 Å². The van der Waals surface area contributed by atoms with Gasteiger partial charge in [-0.3, -0.25) is 0 Å². The van der Waals surface area contributed by atoms with Crippen molar-refractivity contribution in [2.24, 2.45) is 0 Å². The van der Waals surface area contributed by atoms with Crippen molar-refractivity contribution in [3.05, 3.63) is 12.0 Å². The molecule has 0 saturated heterocycles. The molecule has 1 rings (SSSR count). The lowest BCUT2D eigenvalue weighted by Gasteiger charge is -1.94. The predicted octanol–water partition coefficient (Wildman–Crippen LogP) is -0.403. The van der Waals surface area contributed by atoms with Gasteiger partial charge in [-0.05, 0) is 6.08 Å². The quantitative estimate of drug-likeness (QED) is 0.485. The number of methoxy groups -OCH3 is 1. The number of nitrogens with one attached hydrogen (secondary N) is 1. The summed E-state index contributed by atoms with van der Waals surface area (Å²) in [5.41, 5.74) is 6.47. The van der Waals surface area contributed by atoms with Crippen molar-refractivity contribution < 1.29 is 4.74 Å². The summed E-state index contributed by atoms with van der Waals surface area (Å²) >= 11 is 0. The van der Waals surface area contributed by atoms with E-state index in [1.54, 1.807) is 7.11 Å². The molecule has 3 nitrogen and oxygen atoms in total. The summed E-state index contributed by atoms with van der Waals surface area (Å²) in [5, 5.41) is 0. The van der Waals surface area contributed by atoms with Crippen molar-refractivity contribution in [2.45, 2.75) is 0 Å². The third kappa shape index (κ3) is 0.838. The first-order valence-electron chi connectivity index (χ1n) is 2.11. The number of ether oxygens (including phenoxy) is 1. The summed E-state index contributed by atoms with van der Waals surface area (Å²) in [6, 6.07) is 0.